The molecule has 0 aliphatic carbocycles. The van der Waals surface area contributed by atoms with E-state index in [2.05, 4.69) is 32.1 Å². The predicted molar refractivity (Wildman–Crippen MR) is 139 cm³/mol. The number of nitrogens with one attached hydrogen (secondary N) is 2. The summed E-state index contributed by atoms with van der Waals surface area (Å²) < 4.78 is 14.2. The maximum atomic E-state index is 14.2. The number of anilines is 1. The van der Waals surface area contributed by atoms with Crippen molar-refractivity contribution >= 4 is 22.6 Å². The Hall–Kier alpha value is -5.16. The summed E-state index contributed by atoms with van der Waals surface area (Å²) in [5, 5.41) is 14.3. The van der Waals surface area contributed by atoms with E-state index in [1.54, 1.807) is 37.4 Å². The number of halogens is 1. The standard InChI is InChI=1S/C29H22FN5O2/c1-17-12-19(7-6-18-8-11-27(31)32-16-18)13-25(33-17)29(37)35-28(22-15-21(30)9-10-26(22)36)24-14-20-4-2-3-5-23(20)34-24/h2-5,8-16,28,34,36H,1H3,(H2,31,32)(H,35,37). The second-order valence-electron chi connectivity index (χ2n) is 8.53. The highest BCUT2D eigenvalue weighted by Crippen LogP contribution is 2.31. The normalized spacial score (nSPS) is 11.5. The number of carbonyl (C=O) groups excluding carboxylic acids is 1. The molecular formula is C29H22FN5O2. The number of aromatic nitrogens is 3. The third-order valence-electron chi connectivity index (χ3n) is 5.76. The topological polar surface area (TPSA) is 117 Å². The number of phenolic OH excluding ortho intramolecular Hbond substituents is 1. The largest absolute Gasteiger partial charge is 0.508 e. The van der Waals surface area contributed by atoms with E-state index >= 15 is 0 Å². The Kier molecular flexibility index (Phi) is 6.27. The number of amides is 1. The summed E-state index contributed by atoms with van der Waals surface area (Å²) in [6.45, 7) is 1.76. The number of benzene rings is 2. The Morgan fingerprint density at radius 3 is 2.65 bits per heavy atom. The number of nitrogens with two attached hydrogens (primary N) is 1. The number of aryl methyl sites for hydroxylation is 1. The fourth-order valence-corrected chi connectivity index (χ4v) is 4.02. The van der Waals surface area contributed by atoms with Crippen molar-refractivity contribution in [1.29, 1.82) is 0 Å². The fraction of sp³-hybridized carbons (Fsp3) is 0.0690. The van der Waals surface area contributed by atoms with E-state index in [1.807, 2.05) is 30.3 Å². The van der Waals surface area contributed by atoms with Gasteiger partial charge in [-0.25, -0.2) is 14.4 Å². The van der Waals surface area contributed by atoms with Crippen LogP contribution in [0.4, 0.5) is 10.2 Å². The van der Waals surface area contributed by atoms with Crippen LogP contribution >= 0.6 is 0 Å². The second-order valence-corrected chi connectivity index (χ2v) is 8.53. The van der Waals surface area contributed by atoms with Crippen molar-refractivity contribution < 1.29 is 14.3 Å². The van der Waals surface area contributed by atoms with Gasteiger partial charge in [-0.2, -0.15) is 0 Å². The molecule has 0 saturated carbocycles. The minimum absolute atomic E-state index is 0.136. The van der Waals surface area contributed by atoms with E-state index in [0.717, 1.165) is 17.0 Å². The number of phenols is 1. The number of nitrogens with zero attached hydrogens (tertiary/aromatic N) is 2. The number of hydrogen-bond acceptors (Lipinski definition) is 5. The van der Waals surface area contributed by atoms with Crippen molar-refractivity contribution in [2.45, 2.75) is 13.0 Å². The molecule has 7 nitrogen and oxygen atoms in total. The van der Waals surface area contributed by atoms with Crippen molar-refractivity contribution in [3.8, 4) is 17.6 Å². The highest BCUT2D eigenvalue weighted by molar-refractivity contribution is 5.93. The first-order valence-electron chi connectivity index (χ1n) is 11.4. The van der Waals surface area contributed by atoms with Gasteiger partial charge in [0.2, 0.25) is 0 Å². The first-order chi connectivity index (χ1) is 17.9. The predicted octanol–water partition coefficient (Wildman–Crippen LogP) is 4.61. The van der Waals surface area contributed by atoms with Crippen LogP contribution in [0, 0.1) is 24.6 Å². The van der Waals surface area contributed by atoms with Gasteiger partial charge in [0.1, 0.15) is 23.1 Å². The number of carbonyl (C=O) groups is 1. The molecule has 3 heterocycles. The summed E-state index contributed by atoms with van der Waals surface area (Å²) in [6.07, 6.45) is 1.57. The molecule has 5 aromatic rings. The van der Waals surface area contributed by atoms with Crippen LogP contribution in [0.25, 0.3) is 10.9 Å². The number of nitrogen functional groups attached to an aromatic ring is 1. The molecule has 5 rings (SSSR count). The van der Waals surface area contributed by atoms with Gasteiger partial charge in [0.15, 0.2) is 0 Å². The monoisotopic (exact) mass is 491 g/mol. The van der Waals surface area contributed by atoms with Gasteiger partial charge >= 0.3 is 0 Å². The Labute approximate surface area is 212 Å². The summed E-state index contributed by atoms with van der Waals surface area (Å²) in [6, 6.07) is 19.0. The van der Waals surface area contributed by atoms with Crippen molar-refractivity contribution in [2.75, 3.05) is 5.73 Å². The number of fused-ring (bicyclic) bond motifs is 1. The Balaban J connectivity index is 1.50. The van der Waals surface area contributed by atoms with E-state index in [9.17, 15) is 14.3 Å². The lowest BCUT2D eigenvalue weighted by Gasteiger charge is -2.19. The molecular weight excluding hydrogens is 469 g/mol. The van der Waals surface area contributed by atoms with Gasteiger partial charge in [-0.05, 0) is 66.9 Å². The molecule has 0 radical (unpaired) electrons. The number of H-pyrrole nitrogens is 1. The number of aromatic amines is 1. The summed E-state index contributed by atoms with van der Waals surface area (Å²) in [5.74, 6) is 5.23. The van der Waals surface area contributed by atoms with Crippen LogP contribution in [0.5, 0.6) is 5.75 Å². The molecule has 3 aromatic heterocycles. The van der Waals surface area contributed by atoms with Crippen molar-refractivity contribution in [3.63, 3.8) is 0 Å². The first-order valence-corrected chi connectivity index (χ1v) is 11.4. The number of hydrogen-bond donors (Lipinski definition) is 4. The maximum Gasteiger partial charge on any atom is 0.270 e. The molecule has 0 aliphatic rings. The lowest BCUT2D eigenvalue weighted by atomic mass is 10.0. The average molecular weight is 492 g/mol. The molecule has 1 unspecified atom stereocenters. The zero-order valence-electron chi connectivity index (χ0n) is 19.8. The maximum absolute atomic E-state index is 14.2. The Bertz CT molecular complexity index is 1650. The van der Waals surface area contributed by atoms with E-state index in [-0.39, 0.29) is 17.0 Å². The van der Waals surface area contributed by atoms with E-state index in [1.165, 1.54) is 12.1 Å². The van der Waals surface area contributed by atoms with E-state index < -0.39 is 17.8 Å². The minimum atomic E-state index is -0.867. The molecule has 0 aliphatic heterocycles. The molecule has 0 saturated heterocycles. The van der Waals surface area contributed by atoms with Crippen molar-refractivity contribution in [2.24, 2.45) is 0 Å². The second kappa shape index (κ2) is 9.84. The molecule has 37 heavy (non-hydrogen) atoms. The van der Waals surface area contributed by atoms with Gasteiger partial charge in [0.25, 0.3) is 5.91 Å². The van der Waals surface area contributed by atoms with Gasteiger partial charge in [-0.3, -0.25) is 4.79 Å². The van der Waals surface area contributed by atoms with Crippen molar-refractivity contribution in [3.05, 3.63) is 119 Å². The molecule has 8 heteroatoms. The summed E-state index contributed by atoms with van der Waals surface area (Å²) in [5.41, 5.74) is 9.26. The van der Waals surface area contributed by atoms with Crippen LogP contribution in [0.15, 0.2) is 79.0 Å². The SMILES string of the molecule is Cc1cc(C#Cc2ccc(N)nc2)cc(C(=O)NC(c2cc3ccccc3[nH]2)c2cc(F)ccc2O)n1. The lowest BCUT2D eigenvalue weighted by molar-refractivity contribution is 0.0936. The zero-order chi connectivity index (χ0) is 25.9. The Morgan fingerprint density at radius 1 is 1.05 bits per heavy atom. The minimum Gasteiger partial charge on any atom is -0.508 e. The summed E-state index contributed by atoms with van der Waals surface area (Å²) >= 11 is 0. The van der Waals surface area contributed by atoms with Gasteiger partial charge in [0, 0.05) is 39.8 Å². The molecule has 0 fully saturated rings. The summed E-state index contributed by atoms with van der Waals surface area (Å²) in [4.78, 5) is 25.0. The van der Waals surface area contributed by atoms with Crippen LogP contribution in [-0.2, 0) is 0 Å². The number of para-hydroxylation sites is 1. The molecule has 0 bridgehead atoms. The fourth-order valence-electron chi connectivity index (χ4n) is 4.02. The van der Waals surface area contributed by atoms with Crippen LogP contribution < -0.4 is 11.1 Å². The first kappa shape index (κ1) is 23.6. The highest BCUT2D eigenvalue weighted by Gasteiger charge is 2.24. The molecule has 0 spiro atoms. The van der Waals surface area contributed by atoms with Gasteiger partial charge in [-0.1, -0.05) is 30.0 Å². The number of aromatic hydroxyl groups is 1. The number of pyridine rings is 2. The molecule has 2 aromatic carbocycles. The molecule has 1 atom stereocenters. The molecule has 182 valence electrons. The third kappa shape index (κ3) is 5.26. The van der Waals surface area contributed by atoms with Crippen LogP contribution in [-0.4, -0.2) is 26.0 Å². The van der Waals surface area contributed by atoms with Gasteiger partial charge in [-0.15, -0.1) is 0 Å². The Morgan fingerprint density at radius 2 is 1.86 bits per heavy atom. The lowest BCUT2D eigenvalue weighted by Crippen LogP contribution is -2.30. The third-order valence-corrected chi connectivity index (χ3v) is 5.76. The smallest absolute Gasteiger partial charge is 0.270 e. The molecule has 1 amide bonds. The zero-order valence-corrected chi connectivity index (χ0v) is 19.8. The van der Waals surface area contributed by atoms with Gasteiger partial charge < -0.3 is 21.1 Å². The van der Waals surface area contributed by atoms with Crippen LogP contribution in [0.3, 0.4) is 0 Å². The van der Waals surface area contributed by atoms with E-state index in [4.69, 9.17) is 5.73 Å². The highest BCUT2D eigenvalue weighted by atomic mass is 19.1. The number of rotatable bonds is 4. The quantitative estimate of drug-likeness (QED) is 0.274. The van der Waals surface area contributed by atoms with Crippen LogP contribution in [0.1, 0.15) is 44.6 Å². The molecule has 5 N–H and O–H groups in total. The van der Waals surface area contributed by atoms with E-state index in [0.29, 0.717) is 28.3 Å². The average Bonchev–Trinajstić information content (AvgIpc) is 3.32. The van der Waals surface area contributed by atoms with Gasteiger partial charge in [0.05, 0.1) is 6.04 Å². The van der Waals surface area contributed by atoms with Crippen molar-refractivity contribution in [1.82, 2.24) is 20.3 Å². The summed E-state index contributed by atoms with van der Waals surface area (Å²) in [7, 11) is 0. The van der Waals surface area contributed by atoms with Crippen LogP contribution in [0.2, 0.25) is 0 Å².